The molecule has 0 spiro atoms. The third-order valence-electron chi connectivity index (χ3n) is 5.09. The molecule has 26 heavy (non-hydrogen) atoms. The van der Waals surface area contributed by atoms with Crippen LogP contribution in [0.1, 0.15) is 34.5 Å². The summed E-state index contributed by atoms with van der Waals surface area (Å²) < 4.78 is 11.1. The van der Waals surface area contributed by atoms with Crippen LogP contribution < -0.4 is 9.47 Å². The minimum atomic E-state index is 0.0775. The molecule has 2 aromatic rings. The number of carbonyl (C=O) groups is 1. The lowest BCUT2D eigenvalue weighted by Gasteiger charge is -2.33. The Morgan fingerprint density at radius 3 is 2.85 bits per heavy atom. The number of likely N-dealkylation sites (tertiary alicyclic amines) is 1. The summed E-state index contributed by atoms with van der Waals surface area (Å²) in [4.78, 5) is 19.3. The molecule has 1 fully saturated rings. The highest BCUT2D eigenvalue weighted by Crippen LogP contribution is 2.31. The fraction of sp³-hybridized carbons (Fsp3) is 0.429. The van der Waals surface area contributed by atoms with Gasteiger partial charge in [-0.05, 0) is 61.9 Å². The van der Waals surface area contributed by atoms with Gasteiger partial charge in [0.25, 0.3) is 5.91 Å². The standard InChI is InChI=1S/C21H24N2O3/c1-15-4-5-16(13-22-15)11-17-3-2-8-23(14-17)21(24)18-6-7-19-20(12-18)26-10-9-25-19/h4-7,12-13,17H,2-3,8-11,14H2,1H3. The van der Waals surface area contributed by atoms with Gasteiger partial charge in [0, 0.05) is 30.5 Å². The summed E-state index contributed by atoms with van der Waals surface area (Å²) in [6, 6.07) is 9.68. The molecule has 1 saturated heterocycles. The molecule has 1 aromatic heterocycles. The third kappa shape index (κ3) is 3.66. The SMILES string of the molecule is Cc1ccc(CC2CCCN(C(=O)c3ccc4c(c3)OCCO4)C2)cn1. The second kappa shape index (κ2) is 7.36. The normalized spacial score (nSPS) is 19.3. The Hall–Kier alpha value is -2.56. The Labute approximate surface area is 153 Å². The van der Waals surface area contributed by atoms with Crippen molar-refractivity contribution in [2.45, 2.75) is 26.2 Å². The Balaban J connectivity index is 1.43. The molecule has 1 atom stereocenters. The molecule has 5 heteroatoms. The number of hydrogen-bond acceptors (Lipinski definition) is 4. The van der Waals surface area contributed by atoms with Crippen LogP contribution in [-0.2, 0) is 6.42 Å². The Kier molecular flexibility index (Phi) is 4.78. The smallest absolute Gasteiger partial charge is 0.254 e. The maximum Gasteiger partial charge on any atom is 0.254 e. The number of ether oxygens (including phenoxy) is 2. The quantitative estimate of drug-likeness (QED) is 0.851. The summed E-state index contributed by atoms with van der Waals surface area (Å²) in [6.45, 7) is 4.69. The summed E-state index contributed by atoms with van der Waals surface area (Å²) in [7, 11) is 0. The highest BCUT2D eigenvalue weighted by atomic mass is 16.6. The highest BCUT2D eigenvalue weighted by Gasteiger charge is 2.25. The minimum Gasteiger partial charge on any atom is -0.486 e. The molecule has 4 rings (SSSR count). The van der Waals surface area contributed by atoms with Crippen LogP contribution in [0.4, 0.5) is 0 Å². The van der Waals surface area contributed by atoms with Crippen molar-refractivity contribution in [3.8, 4) is 11.5 Å². The minimum absolute atomic E-state index is 0.0775. The van der Waals surface area contributed by atoms with Gasteiger partial charge in [0.15, 0.2) is 11.5 Å². The van der Waals surface area contributed by atoms with E-state index < -0.39 is 0 Å². The molecule has 0 aliphatic carbocycles. The van der Waals surface area contributed by atoms with E-state index in [-0.39, 0.29) is 5.91 Å². The van der Waals surface area contributed by atoms with Gasteiger partial charge in [-0.2, -0.15) is 0 Å². The molecule has 0 N–H and O–H groups in total. The van der Waals surface area contributed by atoms with Gasteiger partial charge in [0.2, 0.25) is 0 Å². The molecule has 0 saturated carbocycles. The second-order valence-corrected chi connectivity index (χ2v) is 7.13. The molecule has 1 amide bonds. The van der Waals surface area contributed by atoms with Gasteiger partial charge in [0.1, 0.15) is 13.2 Å². The highest BCUT2D eigenvalue weighted by molar-refractivity contribution is 5.95. The Morgan fingerprint density at radius 1 is 1.19 bits per heavy atom. The summed E-state index contributed by atoms with van der Waals surface area (Å²) in [5, 5.41) is 0. The van der Waals surface area contributed by atoms with Crippen molar-refractivity contribution in [2.24, 2.45) is 5.92 Å². The molecule has 2 aliphatic rings. The first-order valence-electron chi connectivity index (χ1n) is 9.29. The monoisotopic (exact) mass is 352 g/mol. The number of nitrogens with zero attached hydrogens (tertiary/aromatic N) is 2. The first kappa shape index (κ1) is 16.9. The average molecular weight is 352 g/mol. The lowest BCUT2D eigenvalue weighted by molar-refractivity contribution is 0.0672. The number of benzene rings is 1. The number of hydrogen-bond donors (Lipinski definition) is 0. The number of aromatic nitrogens is 1. The molecule has 1 aromatic carbocycles. The van der Waals surface area contributed by atoms with Crippen LogP contribution in [0.3, 0.4) is 0 Å². The van der Waals surface area contributed by atoms with Crippen molar-refractivity contribution in [1.29, 1.82) is 0 Å². The predicted octanol–water partition coefficient (Wildman–Crippen LogP) is 3.26. The Bertz CT molecular complexity index is 788. The van der Waals surface area contributed by atoms with Crippen molar-refractivity contribution in [1.82, 2.24) is 9.88 Å². The molecular formula is C21H24N2O3. The first-order chi connectivity index (χ1) is 12.7. The number of amides is 1. The number of fused-ring (bicyclic) bond motifs is 1. The van der Waals surface area contributed by atoms with Crippen LogP contribution >= 0.6 is 0 Å². The van der Waals surface area contributed by atoms with Gasteiger partial charge in [0.05, 0.1) is 0 Å². The van der Waals surface area contributed by atoms with Gasteiger partial charge in [-0.15, -0.1) is 0 Å². The van der Waals surface area contributed by atoms with Crippen molar-refractivity contribution in [2.75, 3.05) is 26.3 Å². The molecule has 2 aliphatic heterocycles. The van der Waals surface area contributed by atoms with Crippen LogP contribution in [0, 0.1) is 12.8 Å². The van der Waals surface area contributed by atoms with E-state index in [1.807, 2.05) is 36.2 Å². The maximum absolute atomic E-state index is 12.9. The summed E-state index contributed by atoms with van der Waals surface area (Å²) in [5.41, 5.74) is 2.95. The van der Waals surface area contributed by atoms with Gasteiger partial charge in [-0.1, -0.05) is 6.07 Å². The van der Waals surface area contributed by atoms with Crippen LogP contribution in [0.25, 0.3) is 0 Å². The second-order valence-electron chi connectivity index (χ2n) is 7.13. The summed E-state index contributed by atoms with van der Waals surface area (Å²) in [5.74, 6) is 1.95. The maximum atomic E-state index is 12.9. The molecule has 5 nitrogen and oxygen atoms in total. The molecule has 0 bridgehead atoms. The Morgan fingerprint density at radius 2 is 2.04 bits per heavy atom. The van der Waals surface area contributed by atoms with Crippen molar-refractivity contribution >= 4 is 5.91 Å². The van der Waals surface area contributed by atoms with Crippen LogP contribution in [0.2, 0.25) is 0 Å². The molecule has 136 valence electrons. The fourth-order valence-corrected chi connectivity index (χ4v) is 3.73. The predicted molar refractivity (Wildman–Crippen MR) is 98.7 cm³/mol. The molecule has 1 unspecified atom stereocenters. The van der Waals surface area contributed by atoms with Gasteiger partial charge in [-0.3, -0.25) is 9.78 Å². The fourth-order valence-electron chi connectivity index (χ4n) is 3.73. The lowest BCUT2D eigenvalue weighted by atomic mass is 9.91. The number of piperidine rings is 1. The van der Waals surface area contributed by atoms with E-state index >= 15 is 0 Å². The number of rotatable bonds is 3. The zero-order valence-electron chi connectivity index (χ0n) is 15.1. The van der Waals surface area contributed by atoms with E-state index in [2.05, 4.69) is 17.1 Å². The van der Waals surface area contributed by atoms with Crippen molar-refractivity contribution in [3.63, 3.8) is 0 Å². The van der Waals surface area contributed by atoms with Gasteiger partial charge < -0.3 is 14.4 Å². The van der Waals surface area contributed by atoms with Crippen LogP contribution in [0.5, 0.6) is 11.5 Å². The van der Waals surface area contributed by atoms with E-state index in [0.717, 1.165) is 43.8 Å². The largest absolute Gasteiger partial charge is 0.486 e. The van der Waals surface area contributed by atoms with Crippen LogP contribution in [0.15, 0.2) is 36.5 Å². The lowest BCUT2D eigenvalue weighted by Crippen LogP contribution is -2.40. The summed E-state index contributed by atoms with van der Waals surface area (Å²) >= 11 is 0. The number of pyridine rings is 1. The first-order valence-corrected chi connectivity index (χ1v) is 9.29. The van der Waals surface area contributed by atoms with Crippen molar-refractivity contribution < 1.29 is 14.3 Å². The van der Waals surface area contributed by atoms with E-state index in [9.17, 15) is 4.79 Å². The number of carbonyl (C=O) groups excluding carboxylic acids is 1. The van der Waals surface area contributed by atoms with Gasteiger partial charge in [-0.25, -0.2) is 0 Å². The van der Waals surface area contributed by atoms with Gasteiger partial charge >= 0.3 is 0 Å². The third-order valence-corrected chi connectivity index (χ3v) is 5.09. The van der Waals surface area contributed by atoms with E-state index in [4.69, 9.17) is 9.47 Å². The van der Waals surface area contributed by atoms with E-state index in [1.54, 1.807) is 0 Å². The molecule has 3 heterocycles. The van der Waals surface area contributed by atoms with Crippen LogP contribution in [-0.4, -0.2) is 42.1 Å². The summed E-state index contributed by atoms with van der Waals surface area (Å²) in [6.07, 6.45) is 5.12. The molecule has 0 radical (unpaired) electrons. The van der Waals surface area contributed by atoms with E-state index in [0.29, 0.717) is 30.4 Å². The van der Waals surface area contributed by atoms with E-state index in [1.165, 1.54) is 5.56 Å². The zero-order valence-corrected chi connectivity index (χ0v) is 15.1. The average Bonchev–Trinajstić information content (AvgIpc) is 2.69. The zero-order chi connectivity index (χ0) is 17.9. The van der Waals surface area contributed by atoms with Crippen molar-refractivity contribution in [3.05, 3.63) is 53.3 Å². The number of aryl methyl sites for hydroxylation is 1. The molecular weight excluding hydrogens is 328 g/mol. The topological polar surface area (TPSA) is 51.7 Å².